The van der Waals surface area contributed by atoms with Gasteiger partial charge in [0, 0.05) is 18.2 Å². The van der Waals surface area contributed by atoms with Gasteiger partial charge in [-0.15, -0.1) is 0 Å². The van der Waals surface area contributed by atoms with E-state index < -0.39 is 0 Å². The fourth-order valence-electron chi connectivity index (χ4n) is 2.80. The molecule has 0 fully saturated rings. The third-order valence-corrected chi connectivity index (χ3v) is 4.56. The highest BCUT2D eigenvalue weighted by molar-refractivity contribution is 6.33. The van der Waals surface area contributed by atoms with Crippen LogP contribution >= 0.6 is 11.6 Å². The minimum absolute atomic E-state index is 0.0550. The van der Waals surface area contributed by atoms with Crippen LogP contribution in [-0.4, -0.2) is 18.0 Å². The Labute approximate surface area is 146 Å². The molecule has 3 rings (SSSR count). The van der Waals surface area contributed by atoms with Crippen molar-refractivity contribution in [1.29, 1.82) is 0 Å². The van der Waals surface area contributed by atoms with Crippen LogP contribution in [0.4, 0.5) is 0 Å². The molecule has 0 aliphatic heterocycles. The number of hydrogen-bond acceptors (Lipinski definition) is 3. The fraction of sp³-hybridized carbons (Fsp3) is 0.250. The maximum Gasteiger partial charge on any atom is 0.193 e. The minimum atomic E-state index is -0.0550. The van der Waals surface area contributed by atoms with E-state index in [1.54, 1.807) is 6.07 Å². The molecule has 0 aliphatic carbocycles. The highest BCUT2D eigenvalue weighted by atomic mass is 35.5. The summed E-state index contributed by atoms with van der Waals surface area (Å²) < 4.78 is 6.00. The summed E-state index contributed by atoms with van der Waals surface area (Å²) in [4.78, 5) is 14.7. The van der Waals surface area contributed by atoms with Crippen molar-refractivity contribution < 1.29 is 4.42 Å². The first-order chi connectivity index (χ1) is 11.6. The molecule has 0 aliphatic rings. The Kier molecular flexibility index (Phi) is 5.03. The van der Waals surface area contributed by atoms with Gasteiger partial charge in [-0.1, -0.05) is 43.6 Å². The molecule has 0 saturated heterocycles. The van der Waals surface area contributed by atoms with Crippen molar-refractivity contribution in [3.8, 4) is 11.3 Å². The average molecular weight is 342 g/mol. The number of benzene rings is 2. The maximum absolute atomic E-state index is 12.4. The van der Waals surface area contributed by atoms with Crippen molar-refractivity contribution in [2.45, 2.75) is 20.4 Å². The van der Waals surface area contributed by atoms with Gasteiger partial charge in [0.05, 0.1) is 10.4 Å². The number of hydrogen-bond donors (Lipinski definition) is 0. The first kappa shape index (κ1) is 16.7. The predicted octanol–water partition coefficient (Wildman–Crippen LogP) is 4.96. The zero-order chi connectivity index (χ0) is 17.1. The first-order valence-corrected chi connectivity index (χ1v) is 8.54. The Hall–Kier alpha value is -2.10. The molecule has 0 N–H and O–H groups in total. The molecule has 0 amide bonds. The van der Waals surface area contributed by atoms with Gasteiger partial charge in [0.1, 0.15) is 11.3 Å². The van der Waals surface area contributed by atoms with Crippen molar-refractivity contribution in [2.24, 2.45) is 0 Å². The standard InChI is InChI=1S/C20H20ClNO2/c1-3-22(4-2)13-14-9-10-16-18(23)12-20(24-19(16)11-14)15-7-5-6-8-17(15)21/h5-12H,3-4,13H2,1-2H3. The lowest BCUT2D eigenvalue weighted by Crippen LogP contribution is -2.22. The molecule has 0 radical (unpaired) electrons. The zero-order valence-electron chi connectivity index (χ0n) is 13.9. The molecular weight excluding hydrogens is 322 g/mol. The molecule has 0 saturated carbocycles. The number of fused-ring (bicyclic) bond motifs is 1. The van der Waals surface area contributed by atoms with Crippen LogP contribution in [0.3, 0.4) is 0 Å². The summed E-state index contributed by atoms with van der Waals surface area (Å²) in [6, 6.07) is 14.7. The van der Waals surface area contributed by atoms with Crippen LogP contribution < -0.4 is 5.43 Å². The van der Waals surface area contributed by atoms with Gasteiger partial charge in [0.25, 0.3) is 0 Å². The Morgan fingerprint density at radius 2 is 1.79 bits per heavy atom. The van der Waals surface area contributed by atoms with Crippen molar-refractivity contribution in [3.63, 3.8) is 0 Å². The predicted molar refractivity (Wildman–Crippen MR) is 99.6 cm³/mol. The van der Waals surface area contributed by atoms with Gasteiger partial charge in [-0.05, 0) is 42.9 Å². The summed E-state index contributed by atoms with van der Waals surface area (Å²) in [6.45, 7) is 7.08. The van der Waals surface area contributed by atoms with E-state index in [0.717, 1.165) is 30.8 Å². The summed E-state index contributed by atoms with van der Waals surface area (Å²) in [6.07, 6.45) is 0. The molecular formula is C20H20ClNO2. The molecule has 1 heterocycles. The van der Waals surface area contributed by atoms with Gasteiger partial charge < -0.3 is 4.42 Å². The molecule has 2 aromatic carbocycles. The maximum atomic E-state index is 12.4. The van der Waals surface area contributed by atoms with Crippen molar-refractivity contribution >= 4 is 22.6 Å². The van der Waals surface area contributed by atoms with E-state index in [-0.39, 0.29) is 5.43 Å². The van der Waals surface area contributed by atoms with Gasteiger partial charge in [-0.2, -0.15) is 0 Å². The quantitative estimate of drug-likeness (QED) is 0.658. The van der Waals surface area contributed by atoms with Crippen molar-refractivity contribution in [3.05, 3.63) is 69.3 Å². The van der Waals surface area contributed by atoms with Crippen LogP contribution in [0.15, 0.2) is 57.7 Å². The van der Waals surface area contributed by atoms with E-state index in [1.807, 2.05) is 36.4 Å². The Morgan fingerprint density at radius 1 is 1.04 bits per heavy atom. The lowest BCUT2D eigenvalue weighted by atomic mass is 10.1. The van der Waals surface area contributed by atoms with Gasteiger partial charge in [-0.3, -0.25) is 9.69 Å². The molecule has 0 atom stereocenters. The van der Waals surface area contributed by atoms with Crippen LogP contribution in [0, 0.1) is 0 Å². The Bertz CT molecular complexity index is 913. The van der Waals surface area contributed by atoms with Gasteiger partial charge in [-0.25, -0.2) is 0 Å². The average Bonchev–Trinajstić information content (AvgIpc) is 2.59. The van der Waals surface area contributed by atoms with E-state index in [1.165, 1.54) is 6.07 Å². The summed E-state index contributed by atoms with van der Waals surface area (Å²) >= 11 is 6.23. The molecule has 0 unspecified atom stereocenters. The van der Waals surface area contributed by atoms with Gasteiger partial charge >= 0.3 is 0 Å². The second-order valence-electron chi connectivity index (χ2n) is 5.75. The Morgan fingerprint density at radius 3 is 2.50 bits per heavy atom. The number of nitrogens with zero attached hydrogens (tertiary/aromatic N) is 1. The number of rotatable bonds is 5. The van der Waals surface area contributed by atoms with Crippen LogP contribution in [-0.2, 0) is 6.54 Å². The molecule has 0 spiro atoms. The summed E-state index contributed by atoms with van der Waals surface area (Å²) in [5.41, 5.74) is 2.40. The van der Waals surface area contributed by atoms with E-state index in [0.29, 0.717) is 21.8 Å². The molecule has 1 aromatic heterocycles. The highest BCUT2D eigenvalue weighted by Crippen LogP contribution is 2.28. The van der Waals surface area contributed by atoms with Gasteiger partial charge in [0.2, 0.25) is 0 Å². The van der Waals surface area contributed by atoms with Crippen LogP contribution in [0.25, 0.3) is 22.3 Å². The van der Waals surface area contributed by atoms with Crippen molar-refractivity contribution in [1.82, 2.24) is 4.90 Å². The SMILES string of the molecule is CCN(CC)Cc1ccc2c(=O)cc(-c3ccccc3Cl)oc2c1. The molecule has 124 valence electrons. The van der Waals surface area contributed by atoms with Gasteiger partial charge in [0.15, 0.2) is 5.43 Å². The van der Waals surface area contributed by atoms with E-state index in [2.05, 4.69) is 18.7 Å². The van der Waals surface area contributed by atoms with E-state index in [4.69, 9.17) is 16.0 Å². The summed E-state index contributed by atoms with van der Waals surface area (Å²) in [5.74, 6) is 0.498. The van der Waals surface area contributed by atoms with Crippen LogP contribution in [0.5, 0.6) is 0 Å². The summed E-state index contributed by atoms with van der Waals surface area (Å²) in [7, 11) is 0. The molecule has 3 aromatic rings. The van der Waals surface area contributed by atoms with Crippen molar-refractivity contribution in [2.75, 3.05) is 13.1 Å². The van der Waals surface area contributed by atoms with Crippen LogP contribution in [0.2, 0.25) is 5.02 Å². The second-order valence-corrected chi connectivity index (χ2v) is 6.15. The third-order valence-electron chi connectivity index (χ3n) is 4.23. The normalized spacial score (nSPS) is 11.3. The first-order valence-electron chi connectivity index (χ1n) is 8.16. The molecule has 0 bridgehead atoms. The second kappa shape index (κ2) is 7.20. The lowest BCUT2D eigenvalue weighted by Gasteiger charge is -2.18. The van der Waals surface area contributed by atoms with E-state index in [9.17, 15) is 4.79 Å². The number of halogens is 1. The smallest absolute Gasteiger partial charge is 0.193 e. The molecule has 24 heavy (non-hydrogen) atoms. The minimum Gasteiger partial charge on any atom is -0.456 e. The topological polar surface area (TPSA) is 33.5 Å². The monoisotopic (exact) mass is 341 g/mol. The summed E-state index contributed by atoms with van der Waals surface area (Å²) in [5, 5.41) is 1.16. The fourth-order valence-corrected chi connectivity index (χ4v) is 3.03. The largest absolute Gasteiger partial charge is 0.456 e. The zero-order valence-corrected chi connectivity index (χ0v) is 14.6. The Balaban J connectivity index is 2.08. The molecule has 3 nitrogen and oxygen atoms in total. The third kappa shape index (κ3) is 3.37. The highest BCUT2D eigenvalue weighted by Gasteiger charge is 2.11. The lowest BCUT2D eigenvalue weighted by molar-refractivity contribution is 0.296. The van der Waals surface area contributed by atoms with E-state index >= 15 is 0 Å². The van der Waals surface area contributed by atoms with Crippen LogP contribution in [0.1, 0.15) is 19.4 Å². The molecule has 4 heteroatoms.